The zero-order chi connectivity index (χ0) is 21.8. The van der Waals surface area contributed by atoms with Crippen molar-refractivity contribution in [2.45, 2.75) is 18.7 Å². The summed E-state index contributed by atoms with van der Waals surface area (Å²) in [4.78, 5) is 22.5. The highest BCUT2D eigenvalue weighted by Gasteiger charge is 2.27. The maximum absolute atomic E-state index is 12.9. The standard InChI is InChI=1S/C18H20ClN3O6S/c1-4-28-16-8-6-13(19)9-17(16)29(26,27)21(3)11-18(23)20-15-10-14(22(24)25)7-5-12(15)2/h5-10H,4,11H2,1-3H3,(H,20,23). The fourth-order valence-electron chi connectivity index (χ4n) is 2.46. The first-order valence-electron chi connectivity index (χ1n) is 8.49. The van der Waals surface area contributed by atoms with Crippen LogP contribution < -0.4 is 10.1 Å². The Bertz CT molecular complexity index is 1040. The average molecular weight is 442 g/mol. The van der Waals surface area contributed by atoms with Crippen LogP contribution in [0, 0.1) is 17.0 Å². The molecule has 29 heavy (non-hydrogen) atoms. The largest absolute Gasteiger partial charge is 0.492 e. The smallest absolute Gasteiger partial charge is 0.271 e. The predicted octanol–water partition coefficient (Wildman–Crippen LogP) is 3.21. The molecule has 0 unspecified atom stereocenters. The van der Waals surface area contributed by atoms with Crippen LogP contribution >= 0.6 is 11.6 Å². The average Bonchev–Trinajstić information content (AvgIpc) is 2.64. The molecule has 0 aliphatic rings. The van der Waals surface area contributed by atoms with E-state index in [2.05, 4.69) is 5.32 Å². The zero-order valence-corrected chi connectivity index (χ0v) is 17.6. The van der Waals surface area contributed by atoms with Crippen molar-refractivity contribution in [2.75, 3.05) is 25.5 Å². The fraction of sp³-hybridized carbons (Fsp3) is 0.278. The van der Waals surface area contributed by atoms with Gasteiger partial charge in [-0.15, -0.1) is 0 Å². The molecule has 0 fully saturated rings. The molecule has 2 aromatic rings. The van der Waals surface area contributed by atoms with Crippen molar-refractivity contribution < 1.29 is 22.9 Å². The van der Waals surface area contributed by atoms with E-state index in [0.29, 0.717) is 5.56 Å². The monoisotopic (exact) mass is 441 g/mol. The van der Waals surface area contributed by atoms with Crippen LogP contribution in [0.25, 0.3) is 0 Å². The molecular formula is C18H20ClN3O6S. The van der Waals surface area contributed by atoms with Crippen molar-refractivity contribution >= 4 is 38.9 Å². The molecule has 1 amide bonds. The van der Waals surface area contributed by atoms with E-state index in [1.54, 1.807) is 13.8 Å². The Hall–Kier alpha value is -2.69. The van der Waals surface area contributed by atoms with Crippen LogP contribution in [0.1, 0.15) is 12.5 Å². The molecule has 0 aliphatic carbocycles. The topological polar surface area (TPSA) is 119 Å². The van der Waals surface area contributed by atoms with E-state index in [1.165, 1.54) is 43.4 Å². The lowest BCUT2D eigenvalue weighted by atomic mass is 10.2. The number of benzene rings is 2. The van der Waals surface area contributed by atoms with Crippen LogP contribution in [0.4, 0.5) is 11.4 Å². The van der Waals surface area contributed by atoms with Crippen LogP contribution in [-0.4, -0.2) is 43.8 Å². The molecule has 2 rings (SSSR count). The zero-order valence-electron chi connectivity index (χ0n) is 16.0. The minimum Gasteiger partial charge on any atom is -0.492 e. The quantitative estimate of drug-likeness (QED) is 0.496. The highest BCUT2D eigenvalue weighted by molar-refractivity contribution is 7.89. The number of rotatable bonds is 8. The van der Waals surface area contributed by atoms with Gasteiger partial charge < -0.3 is 10.1 Å². The van der Waals surface area contributed by atoms with Crippen molar-refractivity contribution in [3.8, 4) is 5.75 Å². The maximum Gasteiger partial charge on any atom is 0.271 e. The minimum absolute atomic E-state index is 0.124. The van der Waals surface area contributed by atoms with E-state index in [0.717, 1.165) is 4.31 Å². The molecule has 0 spiro atoms. The number of halogens is 1. The molecule has 11 heteroatoms. The van der Waals surface area contributed by atoms with Gasteiger partial charge in [0.15, 0.2) is 0 Å². The maximum atomic E-state index is 12.9. The number of nitro benzene ring substituents is 1. The van der Waals surface area contributed by atoms with Gasteiger partial charge in [-0.25, -0.2) is 8.42 Å². The summed E-state index contributed by atoms with van der Waals surface area (Å²) in [6, 6.07) is 8.22. The number of ether oxygens (including phenoxy) is 1. The molecule has 1 N–H and O–H groups in total. The molecule has 0 bridgehead atoms. The molecule has 0 heterocycles. The molecule has 9 nitrogen and oxygen atoms in total. The molecule has 0 aliphatic heterocycles. The SMILES string of the molecule is CCOc1ccc(Cl)cc1S(=O)(=O)N(C)CC(=O)Nc1cc([N+](=O)[O-])ccc1C. The Morgan fingerprint density at radius 1 is 1.28 bits per heavy atom. The van der Waals surface area contributed by atoms with Crippen molar-refractivity contribution in [1.29, 1.82) is 0 Å². The number of carbonyl (C=O) groups is 1. The molecule has 0 saturated heterocycles. The van der Waals surface area contributed by atoms with Gasteiger partial charge in [-0.05, 0) is 37.6 Å². The van der Waals surface area contributed by atoms with Gasteiger partial charge in [-0.2, -0.15) is 4.31 Å². The number of hydrogen-bond donors (Lipinski definition) is 1. The summed E-state index contributed by atoms with van der Waals surface area (Å²) in [6.45, 7) is 3.12. The number of nitrogens with zero attached hydrogens (tertiary/aromatic N) is 2. The fourth-order valence-corrected chi connectivity index (χ4v) is 3.98. The third kappa shape index (κ3) is 5.43. The first kappa shape index (κ1) is 22.6. The molecule has 0 aromatic heterocycles. The summed E-state index contributed by atoms with van der Waals surface area (Å²) < 4.78 is 32.0. The minimum atomic E-state index is -4.08. The number of hydrogen-bond acceptors (Lipinski definition) is 6. The Labute approximate surface area is 173 Å². The molecule has 156 valence electrons. The van der Waals surface area contributed by atoms with Crippen LogP contribution in [-0.2, 0) is 14.8 Å². The highest BCUT2D eigenvalue weighted by Crippen LogP contribution is 2.29. The number of sulfonamides is 1. The van der Waals surface area contributed by atoms with Crippen molar-refractivity contribution in [1.82, 2.24) is 4.31 Å². The Morgan fingerprint density at radius 2 is 1.97 bits per heavy atom. The normalized spacial score (nSPS) is 11.3. The van der Waals surface area contributed by atoms with E-state index in [9.17, 15) is 23.3 Å². The summed E-state index contributed by atoms with van der Waals surface area (Å²) in [5, 5.41) is 13.6. The number of carbonyl (C=O) groups excluding carboxylic acids is 1. The lowest BCUT2D eigenvalue weighted by Crippen LogP contribution is -2.35. The van der Waals surface area contributed by atoms with Crippen molar-refractivity contribution in [3.05, 3.63) is 57.1 Å². The van der Waals surface area contributed by atoms with Crippen LogP contribution in [0.2, 0.25) is 5.02 Å². The van der Waals surface area contributed by atoms with Crippen LogP contribution in [0.3, 0.4) is 0 Å². The number of nitro groups is 1. The summed E-state index contributed by atoms with van der Waals surface area (Å²) in [6.07, 6.45) is 0. The van der Waals surface area contributed by atoms with E-state index >= 15 is 0 Å². The lowest BCUT2D eigenvalue weighted by Gasteiger charge is -2.19. The number of anilines is 1. The van der Waals surface area contributed by atoms with Gasteiger partial charge in [0, 0.05) is 24.2 Å². The first-order valence-corrected chi connectivity index (χ1v) is 10.3. The number of aryl methyl sites for hydroxylation is 1. The molecular weight excluding hydrogens is 422 g/mol. The predicted molar refractivity (Wildman–Crippen MR) is 109 cm³/mol. The lowest BCUT2D eigenvalue weighted by molar-refractivity contribution is -0.384. The van der Waals surface area contributed by atoms with Gasteiger partial charge in [0.25, 0.3) is 5.69 Å². The summed E-state index contributed by atoms with van der Waals surface area (Å²) >= 11 is 5.93. The van der Waals surface area contributed by atoms with Gasteiger partial charge in [-0.3, -0.25) is 14.9 Å². The number of nitrogens with one attached hydrogen (secondary N) is 1. The van der Waals surface area contributed by atoms with E-state index in [1.807, 2.05) is 0 Å². The summed E-state index contributed by atoms with van der Waals surface area (Å²) in [7, 11) is -2.84. The van der Waals surface area contributed by atoms with Gasteiger partial charge in [0.1, 0.15) is 10.6 Å². The van der Waals surface area contributed by atoms with Gasteiger partial charge in [0.05, 0.1) is 23.8 Å². The van der Waals surface area contributed by atoms with Crippen molar-refractivity contribution in [2.24, 2.45) is 0 Å². The second kappa shape index (κ2) is 9.21. The third-order valence-electron chi connectivity index (χ3n) is 3.97. The second-order valence-electron chi connectivity index (χ2n) is 6.09. The van der Waals surface area contributed by atoms with Gasteiger partial charge in [-0.1, -0.05) is 17.7 Å². The second-order valence-corrected chi connectivity index (χ2v) is 8.54. The van der Waals surface area contributed by atoms with Crippen molar-refractivity contribution in [3.63, 3.8) is 0 Å². The highest BCUT2D eigenvalue weighted by atomic mass is 35.5. The number of amides is 1. The van der Waals surface area contributed by atoms with E-state index < -0.39 is 27.4 Å². The van der Waals surface area contributed by atoms with Gasteiger partial charge >= 0.3 is 0 Å². The summed E-state index contributed by atoms with van der Waals surface area (Å²) in [5.74, 6) is -0.529. The summed E-state index contributed by atoms with van der Waals surface area (Å²) in [5.41, 5.74) is 0.642. The Morgan fingerprint density at radius 3 is 2.59 bits per heavy atom. The molecule has 0 atom stereocenters. The Balaban J connectivity index is 2.22. The Kier molecular flexibility index (Phi) is 7.17. The molecule has 0 saturated carbocycles. The molecule has 0 radical (unpaired) electrons. The number of likely N-dealkylation sites (N-methyl/N-ethyl adjacent to an activating group) is 1. The number of non-ortho nitro benzene ring substituents is 1. The van der Waals surface area contributed by atoms with Crippen LogP contribution in [0.15, 0.2) is 41.3 Å². The molecule has 2 aromatic carbocycles. The third-order valence-corrected chi connectivity index (χ3v) is 6.03. The van der Waals surface area contributed by atoms with E-state index in [4.69, 9.17) is 16.3 Å². The van der Waals surface area contributed by atoms with E-state index in [-0.39, 0.29) is 33.6 Å². The van der Waals surface area contributed by atoms with Gasteiger partial charge in [0.2, 0.25) is 15.9 Å². The van der Waals surface area contributed by atoms with Crippen LogP contribution in [0.5, 0.6) is 5.75 Å². The first-order chi connectivity index (χ1) is 13.6.